The minimum absolute atomic E-state index is 0.0532. The number of carbonyl (C=O) groups is 2. The molecule has 0 saturated carbocycles. The van der Waals surface area contributed by atoms with Crippen molar-refractivity contribution < 1.29 is 14.8 Å². The fourth-order valence-electron chi connectivity index (χ4n) is 0.869. The first-order chi connectivity index (χ1) is 6.45. The van der Waals surface area contributed by atoms with Crippen molar-refractivity contribution in [2.24, 2.45) is 22.4 Å². The van der Waals surface area contributed by atoms with E-state index in [1.807, 2.05) is 0 Å². The van der Waals surface area contributed by atoms with E-state index in [2.05, 4.69) is 5.16 Å². The molecule has 0 fully saturated rings. The molecule has 14 heavy (non-hydrogen) atoms. The second-order valence-corrected chi connectivity index (χ2v) is 2.67. The first-order valence-electron chi connectivity index (χ1n) is 3.71. The normalized spacial score (nSPS) is 11.6. The van der Waals surface area contributed by atoms with Crippen molar-refractivity contribution in [3.8, 4) is 0 Å². The summed E-state index contributed by atoms with van der Waals surface area (Å²) in [6, 6.07) is 0. The summed E-state index contributed by atoms with van der Waals surface area (Å²) in [5, 5.41) is 10.9. The Hall–Kier alpha value is -1.83. The van der Waals surface area contributed by atoms with Crippen LogP contribution in [0.4, 0.5) is 0 Å². The average Bonchev–Trinajstić information content (AvgIpc) is 2.01. The van der Waals surface area contributed by atoms with E-state index in [1.165, 1.54) is 4.90 Å². The molecule has 0 aliphatic carbocycles. The molecular formula is C6H13N5O3. The van der Waals surface area contributed by atoms with Gasteiger partial charge in [-0.25, -0.2) is 0 Å². The fourth-order valence-corrected chi connectivity index (χ4v) is 0.869. The third-order valence-electron chi connectivity index (χ3n) is 1.27. The second-order valence-electron chi connectivity index (χ2n) is 2.67. The van der Waals surface area contributed by atoms with Crippen LogP contribution >= 0.6 is 0 Å². The zero-order valence-corrected chi connectivity index (χ0v) is 7.51. The van der Waals surface area contributed by atoms with Crippen LogP contribution in [-0.2, 0) is 9.59 Å². The highest BCUT2D eigenvalue weighted by Crippen LogP contribution is 1.86. The number of oxime groups is 1. The Morgan fingerprint density at radius 1 is 1.07 bits per heavy atom. The van der Waals surface area contributed by atoms with Crippen molar-refractivity contribution in [1.82, 2.24) is 4.90 Å². The van der Waals surface area contributed by atoms with Crippen molar-refractivity contribution >= 4 is 17.6 Å². The Bertz CT molecular complexity index is 236. The number of nitrogens with zero attached hydrogens (tertiary/aromatic N) is 2. The van der Waals surface area contributed by atoms with Crippen LogP contribution in [0.15, 0.2) is 5.16 Å². The molecule has 0 unspecified atom stereocenters. The van der Waals surface area contributed by atoms with E-state index < -0.39 is 11.8 Å². The maximum atomic E-state index is 10.5. The molecule has 2 amide bonds. The first kappa shape index (κ1) is 12.2. The molecule has 8 heteroatoms. The molecule has 0 aromatic heterocycles. The number of hydrogen-bond acceptors (Lipinski definition) is 5. The van der Waals surface area contributed by atoms with E-state index in [9.17, 15) is 9.59 Å². The van der Waals surface area contributed by atoms with Gasteiger partial charge < -0.3 is 22.4 Å². The first-order valence-corrected chi connectivity index (χ1v) is 3.71. The highest BCUT2D eigenvalue weighted by molar-refractivity contribution is 5.84. The maximum Gasteiger partial charge on any atom is 0.231 e. The Morgan fingerprint density at radius 2 is 1.50 bits per heavy atom. The van der Waals surface area contributed by atoms with Crippen LogP contribution in [0.25, 0.3) is 0 Å². The molecule has 0 rings (SSSR count). The third-order valence-corrected chi connectivity index (χ3v) is 1.27. The number of carbonyl (C=O) groups excluding carboxylic acids is 2. The Labute approximate surface area is 80.3 Å². The van der Waals surface area contributed by atoms with Crippen molar-refractivity contribution in [3.63, 3.8) is 0 Å². The van der Waals surface area contributed by atoms with Gasteiger partial charge in [-0.05, 0) is 0 Å². The van der Waals surface area contributed by atoms with Gasteiger partial charge in [-0.15, -0.1) is 0 Å². The number of rotatable bonds is 6. The second kappa shape index (κ2) is 5.75. The van der Waals surface area contributed by atoms with Crippen LogP contribution in [0.1, 0.15) is 0 Å². The number of nitrogens with two attached hydrogens (primary N) is 3. The molecule has 0 heterocycles. The Morgan fingerprint density at radius 3 is 1.79 bits per heavy atom. The van der Waals surface area contributed by atoms with Gasteiger partial charge >= 0.3 is 0 Å². The van der Waals surface area contributed by atoms with Crippen LogP contribution in [0.5, 0.6) is 0 Å². The minimum Gasteiger partial charge on any atom is -0.409 e. The highest BCUT2D eigenvalue weighted by atomic mass is 16.4. The van der Waals surface area contributed by atoms with Gasteiger partial charge in [0, 0.05) is 0 Å². The molecule has 7 N–H and O–H groups in total. The van der Waals surface area contributed by atoms with Crippen molar-refractivity contribution in [3.05, 3.63) is 0 Å². The molecule has 0 aliphatic heterocycles. The largest absolute Gasteiger partial charge is 0.409 e. The molecule has 0 atom stereocenters. The summed E-state index contributed by atoms with van der Waals surface area (Å²) < 4.78 is 0. The number of amidine groups is 1. The lowest BCUT2D eigenvalue weighted by molar-refractivity contribution is -0.121. The predicted molar refractivity (Wildman–Crippen MR) is 48.2 cm³/mol. The van der Waals surface area contributed by atoms with E-state index in [4.69, 9.17) is 22.4 Å². The summed E-state index contributed by atoms with van der Waals surface area (Å²) in [6.07, 6.45) is 0. The topological polar surface area (TPSA) is 148 Å². The molecule has 0 bridgehead atoms. The predicted octanol–water partition coefficient (Wildman–Crippen LogP) is -2.99. The summed E-state index contributed by atoms with van der Waals surface area (Å²) in [5.74, 6) is -1.39. The van der Waals surface area contributed by atoms with Gasteiger partial charge in [0.2, 0.25) is 11.8 Å². The van der Waals surface area contributed by atoms with E-state index in [-0.39, 0.29) is 25.5 Å². The quantitative estimate of drug-likeness (QED) is 0.157. The fraction of sp³-hybridized carbons (Fsp3) is 0.500. The number of primary amides is 2. The molecule has 0 aromatic rings. The summed E-state index contributed by atoms with van der Waals surface area (Å²) in [4.78, 5) is 22.4. The molecule has 0 spiro atoms. The van der Waals surface area contributed by atoms with E-state index in [0.717, 1.165) is 0 Å². The standard InChI is InChI=1S/C6H13N5O3/c7-4(10-14)1-11(2-5(8)12)3-6(9)13/h14H,1-3H2,(H2,7,10)(H2,8,12)(H2,9,13). The van der Waals surface area contributed by atoms with Crippen LogP contribution in [0.3, 0.4) is 0 Å². The van der Waals surface area contributed by atoms with Gasteiger partial charge in [-0.3, -0.25) is 14.5 Å². The van der Waals surface area contributed by atoms with Gasteiger partial charge in [-0.2, -0.15) is 0 Å². The van der Waals surface area contributed by atoms with E-state index in [1.54, 1.807) is 0 Å². The van der Waals surface area contributed by atoms with Gasteiger partial charge in [0.25, 0.3) is 0 Å². The Kier molecular flexibility index (Phi) is 5.00. The summed E-state index contributed by atoms with van der Waals surface area (Å²) in [6.45, 7) is -0.416. The molecular weight excluding hydrogens is 190 g/mol. The van der Waals surface area contributed by atoms with Gasteiger partial charge in [0.05, 0.1) is 19.6 Å². The van der Waals surface area contributed by atoms with Crippen molar-refractivity contribution in [1.29, 1.82) is 0 Å². The van der Waals surface area contributed by atoms with Gasteiger partial charge in [0.1, 0.15) is 0 Å². The number of amides is 2. The molecule has 0 aliphatic rings. The minimum atomic E-state index is -0.628. The van der Waals surface area contributed by atoms with Crippen molar-refractivity contribution in [2.75, 3.05) is 19.6 Å². The lowest BCUT2D eigenvalue weighted by Gasteiger charge is -2.17. The van der Waals surface area contributed by atoms with Crippen molar-refractivity contribution in [2.45, 2.75) is 0 Å². The lowest BCUT2D eigenvalue weighted by Crippen LogP contribution is -2.43. The lowest BCUT2D eigenvalue weighted by atomic mass is 10.4. The van der Waals surface area contributed by atoms with E-state index >= 15 is 0 Å². The molecule has 80 valence electrons. The summed E-state index contributed by atoms with van der Waals surface area (Å²) >= 11 is 0. The van der Waals surface area contributed by atoms with Crippen LogP contribution < -0.4 is 17.2 Å². The van der Waals surface area contributed by atoms with E-state index in [0.29, 0.717) is 0 Å². The van der Waals surface area contributed by atoms with Gasteiger partial charge in [0.15, 0.2) is 5.84 Å². The molecule has 8 nitrogen and oxygen atoms in total. The molecule has 0 saturated heterocycles. The summed E-state index contributed by atoms with van der Waals surface area (Å²) in [7, 11) is 0. The summed E-state index contributed by atoms with van der Waals surface area (Å²) in [5.41, 5.74) is 15.0. The smallest absolute Gasteiger partial charge is 0.231 e. The Balaban J connectivity index is 4.24. The van der Waals surface area contributed by atoms with Gasteiger partial charge in [-0.1, -0.05) is 5.16 Å². The van der Waals surface area contributed by atoms with Crippen LogP contribution in [-0.4, -0.2) is 47.4 Å². The number of hydrogen-bond donors (Lipinski definition) is 4. The highest BCUT2D eigenvalue weighted by Gasteiger charge is 2.12. The van der Waals surface area contributed by atoms with Crippen LogP contribution in [0, 0.1) is 0 Å². The average molecular weight is 203 g/mol. The zero-order valence-electron chi connectivity index (χ0n) is 7.51. The maximum absolute atomic E-state index is 10.5. The zero-order chi connectivity index (χ0) is 11.1. The molecule has 0 radical (unpaired) electrons. The van der Waals surface area contributed by atoms with Crippen LogP contribution in [0.2, 0.25) is 0 Å². The SMILES string of the molecule is NC(=O)CN(CC(N)=O)CC(N)=NO. The third kappa shape index (κ3) is 5.77. The monoisotopic (exact) mass is 203 g/mol. The molecule has 0 aromatic carbocycles.